The number of ether oxygens (including phenoxy) is 1. The average molecular weight is 302 g/mol. The second kappa shape index (κ2) is 6.28. The number of rotatable bonds is 3. The molecule has 1 aliphatic heterocycles. The molecule has 110 valence electrons. The summed E-state index contributed by atoms with van der Waals surface area (Å²) >= 11 is 1.58. The van der Waals surface area contributed by atoms with Gasteiger partial charge < -0.3 is 10.1 Å². The smallest absolute Gasteiger partial charge is 0.324 e. The molecule has 1 aromatic carbocycles. The van der Waals surface area contributed by atoms with Crippen molar-refractivity contribution in [2.75, 3.05) is 17.2 Å². The van der Waals surface area contributed by atoms with E-state index >= 15 is 0 Å². The van der Waals surface area contributed by atoms with E-state index in [-0.39, 0.29) is 6.03 Å². The second-order valence-electron chi connectivity index (χ2n) is 4.99. The third-order valence-corrected chi connectivity index (χ3v) is 4.57. The lowest BCUT2D eigenvalue weighted by molar-refractivity contribution is 0.113. The number of amides is 2. The minimum Gasteiger partial charge on any atom is -0.376 e. The van der Waals surface area contributed by atoms with E-state index < -0.39 is 0 Å². The van der Waals surface area contributed by atoms with Gasteiger partial charge in [-0.2, -0.15) is 0 Å². The van der Waals surface area contributed by atoms with Crippen molar-refractivity contribution < 1.29 is 9.53 Å². The highest BCUT2D eigenvalue weighted by Gasteiger charge is 2.14. The topological polar surface area (TPSA) is 50.4 Å². The largest absolute Gasteiger partial charge is 0.376 e. The Balaban J connectivity index is 1.61. The monoisotopic (exact) mass is 302 g/mol. The van der Waals surface area contributed by atoms with Gasteiger partial charge in [-0.3, -0.25) is 5.32 Å². The Morgan fingerprint density at radius 3 is 2.81 bits per heavy atom. The second-order valence-corrected chi connectivity index (χ2v) is 6.13. The van der Waals surface area contributed by atoms with E-state index in [1.165, 1.54) is 16.0 Å². The van der Waals surface area contributed by atoms with Gasteiger partial charge in [-0.05, 0) is 42.2 Å². The van der Waals surface area contributed by atoms with E-state index in [0.29, 0.717) is 6.61 Å². The summed E-state index contributed by atoms with van der Waals surface area (Å²) in [6, 6.07) is 9.73. The fraction of sp³-hybridized carbons (Fsp3) is 0.312. The lowest BCUT2D eigenvalue weighted by Gasteiger charge is -2.10. The Kier molecular flexibility index (Phi) is 4.22. The van der Waals surface area contributed by atoms with Crippen LogP contribution in [0.15, 0.2) is 30.3 Å². The van der Waals surface area contributed by atoms with Gasteiger partial charge in [0.05, 0.1) is 18.2 Å². The molecule has 1 aliphatic rings. The van der Waals surface area contributed by atoms with Crippen molar-refractivity contribution in [2.24, 2.45) is 0 Å². The molecule has 0 aliphatic carbocycles. The quantitative estimate of drug-likeness (QED) is 0.899. The molecule has 21 heavy (non-hydrogen) atoms. The molecule has 0 atom stereocenters. The number of hydrogen-bond acceptors (Lipinski definition) is 3. The molecule has 0 radical (unpaired) electrons. The summed E-state index contributed by atoms with van der Waals surface area (Å²) in [5.74, 6) is 0. The number of hydrogen-bond donors (Lipinski definition) is 2. The van der Waals surface area contributed by atoms with Crippen LogP contribution in [0.25, 0.3) is 0 Å². The molecule has 0 saturated carbocycles. The van der Waals surface area contributed by atoms with Crippen LogP contribution < -0.4 is 10.6 Å². The Morgan fingerprint density at radius 2 is 2.10 bits per heavy atom. The first kappa shape index (κ1) is 14.1. The summed E-state index contributed by atoms with van der Waals surface area (Å²) in [7, 11) is 0. The predicted molar refractivity (Wildman–Crippen MR) is 86.1 cm³/mol. The Bertz CT molecular complexity index is 611. The minimum absolute atomic E-state index is 0.209. The van der Waals surface area contributed by atoms with Crippen molar-refractivity contribution in [3.05, 3.63) is 46.3 Å². The number of aryl methyl sites for hydroxylation is 1. The molecule has 4 nitrogen and oxygen atoms in total. The van der Waals surface area contributed by atoms with Crippen LogP contribution in [0.5, 0.6) is 0 Å². The zero-order valence-electron chi connectivity index (χ0n) is 11.9. The molecular formula is C16H18N2O2S. The molecule has 2 N–H and O–H groups in total. The van der Waals surface area contributed by atoms with Crippen LogP contribution in [-0.4, -0.2) is 12.6 Å². The first-order valence-corrected chi connectivity index (χ1v) is 7.92. The fourth-order valence-corrected chi connectivity index (χ4v) is 3.35. The molecule has 0 fully saturated rings. The van der Waals surface area contributed by atoms with Gasteiger partial charge in [0.15, 0.2) is 0 Å². The van der Waals surface area contributed by atoms with Crippen LogP contribution in [0.2, 0.25) is 0 Å². The highest BCUT2D eigenvalue weighted by Crippen LogP contribution is 2.30. The molecule has 5 heteroatoms. The molecule has 1 aromatic heterocycles. The third kappa shape index (κ3) is 3.43. The number of carbonyl (C=O) groups is 1. The van der Waals surface area contributed by atoms with Gasteiger partial charge in [-0.25, -0.2) is 4.79 Å². The van der Waals surface area contributed by atoms with Crippen molar-refractivity contribution in [1.29, 1.82) is 0 Å². The van der Waals surface area contributed by atoms with Crippen LogP contribution in [0.1, 0.15) is 22.9 Å². The molecule has 2 aromatic rings. The van der Waals surface area contributed by atoms with Crippen molar-refractivity contribution in [3.63, 3.8) is 0 Å². The van der Waals surface area contributed by atoms with Crippen LogP contribution in [-0.2, 0) is 24.2 Å². The number of nitrogens with one attached hydrogen (secondary N) is 2. The van der Waals surface area contributed by atoms with E-state index in [2.05, 4.69) is 17.6 Å². The van der Waals surface area contributed by atoms with Gasteiger partial charge in [0.25, 0.3) is 0 Å². The molecular weight excluding hydrogens is 284 g/mol. The van der Waals surface area contributed by atoms with Crippen LogP contribution >= 0.6 is 11.3 Å². The number of urea groups is 1. The van der Waals surface area contributed by atoms with Crippen LogP contribution in [0.3, 0.4) is 0 Å². The summed E-state index contributed by atoms with van der Waals surface area (Å²) in [5, 5.41) is 6.61. The van der Waals surface area contributed by atoms with Gasteiger partial charge in [-0.15, -0.1) is 11.3 Å². The number of carbonyl (C=O) groups excluding carboxylic acids is 1. The van der Waals surface area contributed by atoms with E-state index in [9.17, 15) is 4.79 Å². The van der Waals surface area contributed by atoms with E-state index in [0.717, 1.165) is 30.1 Å². The van der Waals surface area contributed by atoms with Crippen molar-refractivity contribution in [1.82, 2.24) is 0 Å². The average Bonchev–Trinajstić information content (AvgIpc) is 2.90. The van der Waals surface area contributed by atoms with Gasteiger partial charge in [-0.1, -0.05) is 19.1 Å². The molecule has 0 unspecified atom stereocenters. The molecule has 3 rings (SSSR count). The van der Waals surface area contributed by atoms with Gasteiger partial charge in [0.2, 0.25) is 0 Å². The van der Waals surface area contributed by atoms with Gasteiger partial charge in [0, 0.05) is 10.6 Å². The molecule has 0 bridgehead atoms. The summed E-state index contributed by atoms with van der Waals surface area (Å²) in [6.45, 7) is 3.53. The van der Waals surface area contributed by atoms with Gasteiger partial charge in [0.1, 0.15) is 0 Å². The summed E-state index contributed by atoms with van der Waals surface area (Å²) in [6.07, 6.45) is 1.92. The van der Waals surface area contributed by atoms with Crippen LogP contribution in [0.4, 0.5) is 15.5 Å². The molecule has 0 spiro atoms. The normalized spacial score (nSPS) is 13.6. The summed E-state index contributed by atoms with van der Waals surface area (Å²) in [4.78, 5) is 13.2. The first-order chi connectivity index (χ1) is 10.2. The molecule has 0 saturated heterocycles. The maximum absolute atomic E-state index is 12.0. The SMILES string of the molecule is CCc1ccc(NC(=O)Nc2cc3c(s2)COCC3)cc1. The van der Waals surface area contributed by atoms with Crippen LogP contribution in [0, 0.1) is 0 Å². The predicted octanol–water partition coefficient (Wildman–Crippen LogP) is 4.03. The Labute approximate surface area is 128 Å². The summed E-state index contributed by atoms with van der Waals surface area (Å²) in [5.41, 5.74) is 3.34. The van der Waals surface area contributed by atoms with Crippen molar-refractivity contribution >= 4 is 28.1 Å². The number of anilines is 2. The van der Waals surface area contributed by atoms with E-state index in [1.54, 1.807) is 11.3 Å². The zero-order chi connectivity index (χ0) is 14.7. The number of thiophene rings is 1. The summed E-state index contributed by atoms with van der Waals surface area (Å²) < 4.78 is 5.41. The molecule has 2 amide bonds. The first-order valence-electron chi connectivity index (χ1n) is 7.11. The Hall–Kier alpha value is -1.85. The lowest BCUT2D eigenvalue weighted by Crippen LogP contribution is -2.18. The maximum atomic E-state index is 12.0. The van der Waals surface area contributed by atoms with Gasteiger partial charge >= 0.3 is 6.03 Å². The highest BCUT2D eigenvalue weighted by atomic mass is 32.1. The molecule has 2 heterocycles. The zero-order valence-corrected chi connectivity index (χ0v) is 12.8. The minimum atomic E-state index is -0.209. The number of benzene rings is 1. The fourth-order valence-electron chi connectivity index (χ4n) is 2.31. The number of fused-ring (bicyclic) bond motifs is 1. The lowest BCUT2D eigenvalue weighted by atomic mass is 10.1. The Morgan fingerprint density at radius 1 is 1.29 bits per heavy atom. The van der Waals surface area contributed by atoms with E-state index in [1.807, 2.05) is 30.3 Å². The van der Waals surface area contributed by atoms with E-state index in [4.69, 9.17) is 4.74 Å². The van der Waals surface area contributed by atoms with Crippen molar-refractivity contribution in [3.8, 4) is 0 Å². The third-order valence-electron chi connectivity index (χ3n) is 3.50. The standard InChI is InChI=1S/C16H18N2O2S/c1-2-11-3-5-13(6-4-11)17-16(19)18-15-9-12-7-8-20-10-14(12)21-15/h3-6,9H,2,7-8,10H2,1H3,(H2,17,18,19). The highest BCUT2D eigenvalue weighted by molar-refractivity contribution is 7.16. The van der Waals surface area contributed by atoms with Crippen molar-refractivity contribution in [2.45, 2.75) is 26.4 Å². The maximum Gasteiger partial charge on any atom is 0.324 e.